The van der Waals surface area contributed by atoms with Gasteiger partial charge in [-0.15, -0.1) is 0 Å². The van der Waals surface area contributed by atoms with E-state index >= 15 is 0 Å². The summed E-state index contributed by atoms with van der Waals surface area (Å²) in [5.41, 5.74) is 36.4. The molecule has 6 heterocycles. The molecule has 30 rings (SSSR count). The SMILES string of the molecule is c1ccc(-c2ccc3c(-n4c5ccccc5c5cc(-c6ccc7c(c6)c6ccccc6n7-c6ccccc6)ccc54)cccc3c2)cc1.c1ccc(-c2ccc3cccc(-n4c5ccccc5c5cc(-c6ccc7c(c6)c6ccccc6n7-c6ccccc6)ccc54)c3c2)cc1.c1ccc(-c2cccc3c(-n4c5ccccc5c5cc(-c6ccc7c(c6)c6ccccc6n7-c6ccccc6)ccc54)cccc23)cc1. The first kappa shape index (κ1) is 83.1. The largest absolute Gasteiger partial charge is 0.309 e. The van der Waals surface area contributed by atoms with E-state index in [0.29, 0.717) is 0 Å². The summed E-state index contributed by atoms with van der Waals surface area (Å²) < 4.78 is 14.5. The number of rotatable bonds is 12. The van der Waals surface area contributed by atoms with Crippen molar-refractivity contribution in [1.29, 1.82) is 0 Å². The van der Waals surface area contributed by atoms with E-state index in [1.54, 1.807) is 0 Å². The van der Waals surface area contributed by atoms with Crippen molar-refractivity contribution in [3.05, 3.63) is 546 Å². The van der Waals surface area contributed by atoms with Crippen molar-refractivity contribution in [2.45, 2.75) is 0 Å². The van der Waals surface area contributed by atoms with E-state index in [0.717, 1.165) is 0 Å². The topological polar surface area (TPSA) is 29.6 Å². The molecule has 6 heteroatoms. The second kappa shape index (κ2) is 34.5. The molecule has 0 N–H and O–H groups in total. The molecule has 144 heavy (non-hydrogen) atoms. The predicted octanol–water partition coefficient (Wildman–Crippen LogP) is 37.1. The highest BCUT2D eigenvalue weighted by Crippen LogP contribution is 2.47. The Bertz CT molecular complexity index is 10000. The zero-order chi connectivity index (χ0) is 94.8. The number of aromatic nitrogens is 6. The van der Waals surface area contributed by atoms with Crippen LogP contribution in [0.1, 0.15) is 0 Å². The normalized spacial score (nSPS) is 11.8. The molecule has 0 aliphatic carbocycles. The Kier molecular flexibility index (Phi) is 19.9. The molecule has 0 aliphatic heterocycles. The molecule has 672 valence electrons. The van der Waals surface area contributed by atoms with Gasteiger partial charge >= 0.3 is 0 Å². The molecule has 0 amide bonds. The monoisotopic (exact) mass is 1830 g/mol. The van der Waals surface area contributed by atoms with Gasteiger partial charge in [-0.3, -0.25) is 0 Å². The van der Waals surface area contributed by atoms with Gasteiger partial charge in [-0.25, -0.2) is 0 Å². The second-order valence-corrected chi connectivity index (χ2v) is 37.7. The molecule has 0 fully saturated rings. The first-order chi connectivity index (χ1) is 71.5. The highest BCUT2D eigenvalue weighted by atomic mass is 15.0. The van der Waals surface area contributed by atoms with Crippen LogP contribution >= 0.6 is 0 Å². The molecule has 0 saturated carbocycles. The predicted molar refractivity (Wildman–Crippen MR) is 610 cm³/mol. The molecule has 0 atom stereocenters. The van der Waals surface area contributed by atoms with Gasteiger partial charge < -0.3 is 27.4 Å². The molecule has 30 aromatic rings. The molecule has 0 aliphatic rings. The molecule has 6 aromatic heterocycles. The summed E-state index contributed by atoms with van der Waals surface area (Å²) in [4.78, 5) is 0. The van der Waals surface area contributed by atoms with E-state index in [1.165, 1.54) is 264 Å². The Balaban J connectivity index is 0.000000105. The highest BCUT2D eigenvalue weighted by molar-refractivity contribution is 6.19. The van der Waals surface area contributed by atoms with E-state index < -0.39 is 0 Å². The van der Waals surface area contributed by atoms with Crippen molar-refractivity contribution in [1.82, 2.24) is 27.4 Å². The van der Waals surface area contributed by atoms with Gasteiger partial charge in [-0.2, -0.15) is 0 Å². The molecule has 6 nitrogen and oxygen atoms in total. The summed E-state index contributed by atoms with van der Waals surface area (Å²) in [5, 5.41) is 22.6. The van der Waals surface area contributed by atoms with Crippen molar-refractivity contribution in [2.75, 3.05) is 0 Å². The van der Waals surface area contributed by atoms with Crippen LogP contribution in [0.3, 0.4) is 0 Å². The van der Waals surface area contributed by atoms with Gasteiger partial charge in [0, 0.05) is 97.9 Å². The second-order valence-electron chi connectivity index (χ2n) is 37.7. The Morgan fingerprint density at radius 3 is 0.688 bits per heavy atom. The number of nitrogens with zero attached hydrogens (tertiary/aromatic N) is 6. The summed E-state index contributed by atoms with van der Waals surface area (Å²) >= 11 is 0. The van der Waals surface area contributed by atoms with E-state index in [-0.39, 0.29) is 0 Å². The van der Waals surface area contributed by atoms with Crippen molar-refractivity contribution in [2.24, 2.45) is 0 Å². The average Bonchev–Trinajstić information content (AvgIpc) is 1.58. The van der Waals surface area contributed by atoms with Gasteiger partial charge in [0.05, 0.1) is 83.3 Å². The molecule has 24 aromatic carbocycles. The summed E-state index contributed by atoms with van der Waals surface area (Å²) in [5.74, 6) is 0. The molecule has 0 bridgehead atoms. The summed E-state index contributed by atoms with van der Waals surface area (Å²) in [6, 6.07) is 199. The molecule has 0 saturated heterocycles. The Morgan fingerprint density at radius 1 is 0.0972 bits per heavy atom. The minimum Gasteiger partial charge on any atom is -0.309 e. The maximum absolute atomic E-state index is 2.45. The van der Waals surface area contributed by atoms with E-state index in [4.69, 9.17) is 0 Å². The van der Waals surface area contributed by atoms with Crippen LogP contribution in [-0.2, 0) is 0 Å². The highest BCUT2D eigenvalue weighted by Gasteiger charge is 2.25. The number of para-hydroxylation sites is 9. The van der Waals surface area contributed by atoms with Crippen molar-refractivity contribution in [3.8, 4) is 101 Å². The Hall–Kier alpha value is -19.1. The Morgan fingerprint density at radius 2 is 0.326 bits per heavy atom. The van der Waals surface area contributed by atoms with Gasteiger partial charge in [0.15, 0.2) is 0 Å². The lowest BCUT2D eigenvalue weighted by Crippen LogP contribution is -1.96. The molecule has 0 spiro atoms. The van der Waals surface area contributed by atoms with E-state index in [9.17, 15) is 0 Å². The zero-order valence-corrected chi connectivity index (χ0v) is 78.6. The molecule has 0 radical (unpaired) electrons. The van der Waals surface area contributed by atoms with Crippen LogP contribution in [0.2, 0.25) is 0 Å². The Labute approximate surface area is 831 Å². The third kappa shape index (κ3) is 13.9. The van der Waals surface area contributed by atoms with E-state index in [2.05, 4.69) is 573 Å². The zero-order valence-electron chi connectivity index (χ0n) is 78.6. The average molecular weight is 1830 g/mol. The number of hydrogen-bond acceptors (Lipinski definition) is 0. The lowest BCUT2D eigenvalue weighted by Gasteiger charge is -2.14. The van der Waals surface area contributed by atoms with Crippen molar-refractivity contribution in [3.63, 3.8) is 0 Å². The minimum absolute atomic E-state index is 1.18. The lowest BCUT2D eigenvalue weighted by molar-refractivity contribution is 1.18. The van der Waals surface area contributed by atoms with Crippen LogP contribution in [0, 0.1) is 0 Å². The van der Waals surface area contributed by atoms with Crippen LogP contribution in [0.25, 0.3) is 264 Å². The summed E-state index contributed by atoms with van der Waals surface area (Å²) in [7, 11) is 0. The quantitative estimate of drug-likeness (QED) is 0.117. The molecule has 0 unspecified atom stereocenters. The third-order valence-electron chi connectivity index (χ3n) is 29.7. The number of hydrogen-bond donors (Lipinski definition) is 0. The minimum atomic E-state index is 1.18. The van der Waals surface area contributed by atoms with Gasteiger partial charge in [0.1, 0.15) is 0 Å². The standard InChI is InChI=1S/3C46H30N2/c1-3-13-31(14-4-1)35-19-11-21-37-36(35)20-12-24-44(37)48-43-23-10-8-18-39(43)41-30-33(26-28-46(41)48)32-25-27-45-40(29-32)38-17-7-9-22-42(38)47(45)34-15-5-2-6-16-34;1-3-12-31(13-4-1)32-22-25-37-35(28-32)14-11-21-42(37)48-44-20-10-8-18-39(44)41-30-34(24-27-46(41)48)33-23-26-45-40(29-33)38-17-7-9-19-43(38)47(45)36-15-5-2-6-16-36;1-3-12-31(13-4-1)33-23-22-32-14-11-21-44(39(32)28-33)48-43-20-10-8-18-38(43)41-30-35(25-27-46(41)48)34-24-26-45-40(29-34)37-17-7-9-19-42(37)47(45)36-15-5-2-6-16-36/h3*1-30H. The van der Waals surface area contributed by atoms with Crippen molar-refractivity contribution >= 4 is 163 Å². The smallest absolute Gasteiger partial charge is 0.0541 e. The van der Waals surface area contributed by atoms with Crippen LogP contribution in [0.4, 0.5) is 0 Å². The number of fused-ring (bicyclic) bond motifs is 21. The van der Waals surface area contributed by atoms with Gasteiger partial charge in [0.2, 0.25) is 0 Å². The fourth-order valence-electron chi connectivity index (χ4n) is 23.2. The van der Waals surface area contributed by atoms with Crippen molar-refractivity contribution < 1.29 is 0 Å². The van der Waals surface area contributed by atoms with Crippen LogP contribution in [0.15, 0.2) is 546 Å². The summed E-state index contributed by atoms with van der Waals surface area (Å²) in [6.45, 7) is 0. The maximum Gasteiger partial charge on any atom is 0.0541 e. The molecular weight excluding hydrogens is 1740 g/mol. The van der Waals surface area contributed by atoms with Gasteiger partial charge in [-0.05, 0) is 259 Å². The van der Waals surface area contributed by atoms with Gasteiger partial charge in [-0.1, -0.05) is 370 Å². The summed E-state index contributed by atoms with van der Waals surface area (Å²) in [6.07, 6.45) is 0. The molecular formula is C138H90N6. The lowest BCUT2D eigenvalue weighted by atomic mass is 9.97. The van der Waals surface area contributed by atoms with Gasteiger partial charge in [0.25, 0.3) is 0 Å². The maximum atomic E-state index is 2.45. The van der Waals surface area contributed by atoms with Crippen LogP contribution in [-0.4, -0.2) is 27.4 Å². The van der Waals surface area contributed by atoms with Crippen LogP contribution < -0.4 is 0 Å². The van der Waals surface area contributed by atoms with Crippen LogP contribution in [0.5, 0.6) is 0 Å². The number of benzene rings is 24. The first-order valence-electron chi connectivity index (χ1n) is 49.6. The third-order valence-corrected chi connectivity index (χ3v) is 29.7. The first-order valence-corrected chi connectivity index (χ1v) is 49.6. The fraction of sp³-hybridized carbons (Fsp3) is 0. The fourth-order valence-corrected chi connectivity index (χ4v) is 23.2. The van der Waals surface area contributed by atoms with E-state index in [1.807, 2.05) is 0 Å².